The molecule has 0 atom stereocenters. The summed E-state index contributed by atoms with van der Waals surface area (Å²) in [5.41, 5.74) is -0.203. The van der Waals surface area contributed by atoms with Gasteiger partial charge < -0.3 is 0 Å². The fraction of sp³-hybridized carbons (Fsp3) is 0.364. The standard InChI is InChI=1S/C11H11Cl3O/c1-11(2,6-12)10(15)8-5-7(13)3-4-9(8)14/h3-5H,6H2,1-2H3. The van der Waals surface area contributed by atoms with Crippen LogP contribution in [-0.2, 0) is 0 Å². The molecule has 15 heavy (non-hydrogen) atoms. The molecule has 1 aromatic carbocycles. The summed E-state index contributed by atoms with van der Waals surface area (Å²) in [4.78, 5) is 12.0. The molecular weight excluding hydrogens is 254 g/mol. The van der Waals surface area contributed by atoms with Gasteiger partial charge in [-0.2, -0.15) is 0 Å². The number of ketones is 1. The lowest BCUT2D eigenvalue weighted by atomic mass is 9.86. The van der Waals surface area contributed by atoms with E-state index >= 15 is 0 Å². The average Bonchev–Trinajstić information content (AvgIpc) is 2.20. The summed E-state index contributed by atoms with van der Waals surface area (Å²) in [7, 11) is 0. The maximum atomic E-state index is 12.0. The molecule has 1 rings (SSSR count). The van der Waals surface area contributed by atoms with E-state index in [1.165, 1.54) is 0 Å². The largest absolute Gasteiger partial charge is 0.293 e. The topological polar surface area (TPSA) is 17.1 Å². The summed E-state index contributed by atoms with van der Waals surface area (Å²) < 4.78 is 0. The fourth-order valence-corrected chi connectivity index (χ4v) is 1.59. The van der Waals surface area contributed by atoms with E-state index < -0.39 is 5.41 Å². The Balaban J connectivity index is 3.17. The van der Waals surface area contributed by atoms with Crippen LogP contribution in [0.5, 0.6) is 0 Å². The molecule has 0 bridgehead atoms. The van der Waals surface area contributed by atoms with Gasteiger partial charge in [0.1, 0.15) is 0 Å². The van der Waals surface area contributed by atoms with Gasteiger partial charge in [-0.15, -0.1) is 11.6 Å². The number of hydrogen-bond acceptors (Lipinski definition) is 1. The van der Waals surface area contributed by atoms with E-state index in [9.17, 15) is 4.79 Å². The minimum absolute atomic E-state index is 0.0926. The van der Waals surface area contributed by atoms with Gasteiger partial charge in [0.2, 0.25) is 0 Å². The van der Waals surface area contributed by atoms with E-state index in [-0.39, 0.29) is 11.7 Å². The molecule has 0 aliphatic carbocycles. The smallest absolute Gasteiger partial charge is 0.171 e. The first kappa shape index (κ1) is 12.8. The van der Waals surface area contributed by atoms with Crippen molar-refractivity contribution in [3.8, 4) is 0 Å². The Morgan fingerprint density at radius 2 is 1.93 bits per heavy atom. The Hall–Kier alpha value is -0.240. The normalized spacial score (nSPS) is 11.5. The average molecular weight is 266 g/mol. The molecule has 0 fully saturated rings. The van der Waals surface area contributed by atoms with E-state index in [1.54, 1.807) is 32.0 Å². The predicted octanol–water partition coefficient (Wildman–Crippen LogP) is 4.44. The molecule has 1 nitrogen and oxygen atoms in total. The van der Waals surface area contributed by atoms with Crippen molar-refractivity contribution in [1.82, 2.24) is 0 Å². The van der Waals surface area contributed by atoms with Crippen LogP contribution in [0, 0.1) is 5.41 Å². The molecule has 4 heteroatoms. The Morgan fingerprint density at radius 1 is 1.33 bits per heavy atom. The van der Waals surface area contributed by atoms with Crippen LogP contribution in [0.15, 0.2) is 18.2 Å². The third kappa shape index (κ3) is 2.87. The lowest BCUT2D eigenvalue weighted by Crippen LogP contribution is -2.26. The molecule has 82 valence electrons. The van der Waals surface area contributed by atoms with Crippen molar-refractivity contribution in [2.75, 3.05) is 5.88 Å². The fourth-order valence-electron chi connectivity index (χ4n) is 1.10. The third-order valence-corrected chi connectivity index (χ3v) is 3.35. The van der Waals surface area contributed by atoms with Gasteiger partial charge in [-0.1, -0.05) is 37.0 Å². The van der Waals surface area contributed by atoms with E-state index in [4.69, 9.17) is 34.8 Å². The SMILES string of the molecule is CC(C)(CCl)C(=O)c1cc(Cl)ccc1Cl. The molecule has 0 unspecified atom stereocenters. The maximum absolute atomic E-state index is 12.0. The Bertz CT molecular complexity index is 385. The first-order valence-electron chi connectivity index (χ1n) is 4.44. The lowest BCUT2D eigenvalue weighted by molar-refractivity contribution is 0.0862. The van der Waals surface area contributed by atoms with Crippen LogP contribution in [0.1, 0.15) is 24.2 Å². The van der Waals surface area contributed by atoms with Gasteiger partial charge in [-0.3, -0.25) is 4.79 Å². The van der Waals surface area contributed by atoms with E-state index in [0.29, 0.717) is 15.6 Å². The Labute approximate surface area is 104 Å². The molecule has 0 saturated heterocycles. The molecule has 0 spiro atoms. The van der Waals surface area contributed by atoms with Gasteiger partial charge in [0, 0.05) is 21.9 Å². The molecule has 0 aliphatic heterocycles. The summed E-state index contributed by atoms with van der Waals surface area (Å²) in [6.45, 7) is 3.55. The van der Waals surface area contributed by atoms with Gasteiger partial charge in [0.25, 0.3) is 0 Å². The van der Waals surface area contributed by atoms with Crippen LogP contribution in [0.3, 0.4) is 0 Å². The Morgan fingerprint density at radius 3 is 2.47 bits per heavy atom. The summed E-state index contributed by atoms with van der Waals surface area (Å²) >= 11 is 17.5. The number of hydrogen-bond donors (Lipinski definition) is 0. The van der Waals surface area contributed by atoms with Crippen molar-refractivity contribution in [2.24, 2.45) is 5.41 Å². The summed E-state index contributed by atoms with van der Waals surface area (Å²) in [6.07, 6.45) is 0. The minimum Gasteiger partial charge on any atom is -0.293 e. The highest BCUT2D eigenvalue weighted by molar-refractivity contribution is 6.36. The number of benzene rings is 1. The van der Waals surface area contributed by atoms with Crippen molar-refractivity contribution in [1.29, 1.82) is 0 Å². The molecule has 0 saturated carbocycles. The highest BCUT2D eigenvalue weighted by Crippen LogP contribution is 2.29. The van der Waals surface area contributed by atoms with E-state index in [2.05, 4.69) is 0 Å². The maximum Gasteiger partial charge on any atom is 0.171 e. The van der Waals surface area contributed by atoms with Gasteiger partial charge >= 0.3 is 0 Å². The van der Waals surface area contributed by atoms with Gasteiger partial charge in [0.15, 0.2) is 5.78 Å². The highest BCUT2D eigenvalue weighted by Gasteiger charge is 2.29. The summed E-state index contributed by atoms with van der Waals surface area (Å²) in [5, 5.41) is 0.899. The quantitative estimate of drug-likeness (QED) is 0.583. The third-order valence-electron chi connectivity index (χ3n) is 2.12. The van der Waals surface area contributed by atoms with Crippen molar-refractivity contribution in [2.45, 2.75) is 13.8 Å². The highest BCUT2D eigenvalue weighted by atomic mass is 35.5. The molecule has 0 heterocycles. The predicted molar refractivity (Wildman–Crippen MR) is 65.3 cm³/mol. The second-order valence-electron chi connectivity index (χ2n) is 3.97. The van der Waals surface area contributed by atoms with Crippen LogP contribution >= 0.6 is 34.8 Å². The van der Waals surface area contributed by atoms with Gasteiger partial charge in [0.05, 0.1) is 5.02 Å². The molecule has 0 aliphatic rings. The van der Waals surface area contributed by atoms with Crippen molar-refractivity contribution in [3.63, 3.8) is 0 Å². The van der Waals surface area contributed by atoms with Crippen LogP contribution in [0.4, 0.5) is 0 Å². The number of rotatable bonds is 3. The zero-order valence-electron chi connectivity index (χ0n) is 8.48. The minimum atomic E-state index is -0.629. The number of carbonyl (C=O) groups is 1. The molecule has 0 amide bonds. The van der Waals surface area contributed by atoms with Crippen molar-refractivity contribution >= 4 is 40.6 Å². The first-order valence-corrected chi connectivity index (χ1v) is 5.73. The van der Waals surface area contributed by atoms with Crippen LogP contribution in [-0.4, -0.2) is 11.7 Å². The molecule has 0 aromatic heterocycles. The molecule has 0 N–H and O–H groups in total. The van der Waals surface area contributed by atoms with Crippen LogP contribution in [0.2, 0.25) is 10.0 Å². The molecular formula is C11H11Cl3O. The molecule has 0 radical (unpaired) electrons. The van der Waals surface area contributed by atoms with Crippen molar-refractivity contribution in [3.05, 3.63) is 33.8 Å². The second kappa shape index (κ2) is 4.73. The van der Waals surface area contributed by atoms with Crippen molar-refractivity contribution < 1.29 is 4.79 Å². The van der Waals surface area contributed by atoms with E-state index in [1.807, 2.05) is 0 Å². The summed E-state index contributed by atoms with van der Waals surface area (Å²) in [5.74, 6) is 0.152. The van der Waals surface area contributed by atoms with Gasteiger partial charge in [-0.05, 0) is 18.2 Å². The number of carbonyl (C=O) groups excluding carboxylic acids is 1. The number of Topliss-reactive ketones (excluding diaryl/α,β-unsaturated/α-hetero) is 1. The Kier molecular flexibility index (Phi) is 4.05. The van der Waals surface area contributed by atoms with Crippen LogP contribution in [0.25, 0.3) is 0 Å². The number of alkyl halides is 1. The first-order chi connectivity index (χ1) is 6.88. The second-order valence-corrected chi connectivity index (χ2v) is 5.08. The van der Waals surface area contributed by atoms with E-state index in [0.717, 1.165) is 0 Å². The summed E-state index contributed by atoms with van der Waals surface area (Å²) in [6, 6.07) is 4.83. The lowest BCUT2D eigenvalue weighted by Gasteiger charge is -2.20. The van der Waals surface area contributed by atoms with Crippen LogP contribution < -0.4 is 0 Å². The zero-order chi connectivity index (χ0) is 11.6. The zero-order valence-corrected chi connectivity index (χ0v) is 10.7. The molecule has 1 aromatic rings. The van der Waals surface area contributed by atoms with Gasteiger partial charge in [-0.25, -0.2) is 0 Å². The monoisotopic (exact) mass is 264 g/mol. The number of halogens is 3.